The standard InChI is InChI=1S/C26H37NO3/c1-5-27(17-26(4,29)19-11-7-6-8-12-19)16-21-20-14-22-18(2)10-9-13-25(22,3)15-23(20)30-24(21)28/h6-8,11-12,20-23,29H,2,5,9-10,13-17H2,1,3-4H3/p+1/t20-,21+,22-,23-,25+,26-/m1/s1. The van der Waals surface area contributed by atoms with Crippen molar-refractivity contribution in [1.29, 1.82) is 0 Å². The molecule has 7 atom stereocenters. The Kier molecular flexibility index (Phi) is 5.84. The number of likely N-dealkylation sites (N-methyl/N-ethyl adjacent to an activating group) is 1. The van der Waals surface area contributed by atoms with Crippen LogP contribution in [-0.4, -0.2) is 36.8 Å². The summed E-state index contributed by atoms with van der Waals surface area (Å²) < 4.78 is 5.94. The quantitative estimate of drug-likeness (QED) is 0.558. The summed E-state index contributed by atoms with van der Waals surface area (Å²) in [5.74, 6) is 0.703. The first-order valence-corrected chi connectivity index (χ1v) is 11.7. The van der Waals surface area contributed by atoms with Crippen molar-refractivity contribution in [3.63, 3.8) is 0 Å². The number of ether oxygens (including phenoxy) is 1. The van der Waals surface area contributed by atoms with Gasteiger partial charge in [-0.05, 0) is 62.8 Å². The van der Waals surface area contributed by atoms with Crippen molar-refractivity contribution in [3.8, 4) is 0 Å². The summed E-state index contributed by atoms with van der Waals surface area (Å²) in [7, 11) is 0. The summed E-state index contributed by atoms with van der Waals surface area (Å²) in [6.45, 7) is 13.0. The zero-order valence-corrected chi connectivity index (χ0v) is 18.8. The minimum absolute atomic E-state index is 0.0248. The van der Waals surface area contributed by atoms with E-state index < -0.39 is 5.60 Å². The van der Waals surface area contributed by atoms with E-state index in [1.54, 1.807) is 0 Å². The van der Waals surface area contributed by atoms with Gasteiger partial charge in [0, 0.05) is 5.92 Å². The van der Waals surface area contributed by atoms with Crippen LogP contribution in [0.1, 0.15) is 58.4 Å². The minimum atomic E-state index is -0.919. The fraction of sp³-hybridized carbons (Fsp3) is 0.654. The third kappa shape index (κ3) is 3.97. The minimum Gasteiger partial charge on any atom is -0.462 e. The van der Waals surface area contributed by atoms with Gasteiger partial charge in [-0.15, -0.1) is 0 Å². The van der Waals surface area contributed by atoms with Crippen LogP contribution in [0.3, 0.4) is 0 Å². The molecule has 0 spiro atoms. The molecule has 2 saturated carbocycles. The molecule has 4 rings (SSSR count). The van der Waals surface area contributed by atoms with Gasteiger partial charge in [0.1, 0.15) is 24.2 Å². The summed E-state index contributed by atoms with van der Waals surface area (Å²) in [6, 6.07) is 9.84. The zero-order valence-electron chi connectivity index (χ0n) is 18.8. The van der Waals surface area contributed by atoms with Gasteiger partial charge in [-0.1, -0.05) is 49.4 Å². The molecule has 3 aliphatic rings. The summed E-state index contributed by atoms with van der Waals surface area (Å²) >= 11 is 0. The Morgan fingerprint density at radius 2 is 2.07 bits per heavy atom. The van der Waals surface area contributed by atoms with E-state index in [1.165, 1.54) is 23.3 Å². The molecule has 1 aromatic carbocycles. The Labute approximate surface area is 181 Å². The molecule has 1 saturated heterocycles. The van der Waals surface area contributed by atoms with Crippen molar-refractivity contribution in [2.24, 2.45) is 23.2 Å². The first-order chi connectivity index (χ1) is 14.2. The SMILES string of the molecule is C=C1CCC[C@@]2(C)C[C@H]3OC(=O)[C@@H](C[NH+](CC)C[C@@](C)(O)c4ccccc4)[C@H]3C[C@H]12. The highest BCUT2D eigenvalue weighted by molar-refractivity contribution is 5.75. The Hall–Kier alpha value is -1.65. The second-order valence-corrected chi connectivity index (χ2v) is 10.5. The number of fused-ring (bicyclic) bond motifs is 2. The van der Waals surface area contributed by atoms with Crippen molar-refractivity contribution in [3.05, 3.63) is 48.0 Å². The molecule has 1 unspecified atom stereocenters. The molecule has 0 bridgehead atoms. The lowest BCUT2D eigenvalue weighted by atomic mass is 9.55. The van der Waals surface area contributed by atoms with Gasteiger partial charge in [-0.2, -0.15) is 0 Å². The van der Waals surface area contributed by atoms with Gasteiger partial charge in [0.05, 0.1) is 13.1 Å². The molecule has 4 nitrogen and oxygen atoms in total. The van der Waals surface area contributed by atoms with Crippen molar-refractivity contribution in [1.82, 2.24) is 0 Å². The molecular weight excluding hydrogens is 374 g/mol. The molecule has 0 aromatic heterocycles. The number of carbonyl (C=O) groups excluding carboxylic acids is 1. The fourth-order valence-corrected chi connectivity index (χ4v) is 6.53. The van der Waals surface area contributed by atoms with Crippen LogP contribution in [0.25, 0.3) is 0 Å². The van der Waals surface area contributed by atoms with Gasteiger partial charge in [0.2, 0.25) is 0 Å². The molecule has 2 N–H and O–H groups in total. The smallest absolute Gasteiger partial charge is 0.315 e. The Morgan fingerprint density at radius 3 is 2.77 bits per heavy atom. The maximum atomic E-state index is 12.9. The molecule has 3 fully saturated rings. The number of rotatable bonds is 6. The molecule has 0 amide bonds. The highest BCUT2D eigenvalue weighted by Crippen LogP contribution is 2.56. The lowest BCUT2D eigenvalue weighted by Gasteiger charge is -2.50. The van der Waals surface area contributed by atoms with Gasteiger partial charge >= 0.3 is 5.97 Å². The molecule has 2 aliphatic carbocycles. The number of benzene rings is 1. The highest BCUT2D eigenvalue weighted by atomic mass is 16.6. The normalized spacial score (nSPS) is 36.4. The summed E-state index contributed by atoms with van der Waals surface area (Å²) in [5.41, 5.74) is 1.62. The first-order valence-electron chi connectivity index (χ1n) is 11.7. The summed E-state index contributed by atoms with van der Waals surface area (Å²) in [6.07, 6.45) is 5.62. The Morgan fingerprint density at radius 1 is 1.33 bits per heavy atom. The number of esters is 1. The molecular formula is C26H38NO3+. The van der Waals surface area contributed by atoms with E-state index in [9.17, 15) is 9.90 Å². The zero-order chi connectivity index (χ0) is 21.5. The predicted octanol–water partition coefficient (Wildman–Crippen LogP) is 3.11. The number of aliphatic hydroxyl groups is 1. The van der Waals surface area contributed by atoms with Gasteiger partial charge in [0.15, 0.2) is 0 Å². The maximum Gasteiger partial charge on any atom is 0.315 e. The highest BCUT2D eigenvalue weighted by Gasteiger charge is 2.56. The van der Waals surface area contributed by atoms with Crippen LogP contribution in [0, 0.1) is 23.2 Å². The van der Waals surface area contributed by atoms with E-state index in [4.69, 9.17) is 4.74 Å². The van der Waals surface area contributed by atoms with Crippen molar-refractivity contribution in [2.75, 3.05) is 19.6 Å². The average Bonchev–Trinajstić information content (AvgIpc) is 3.00. The van der Waals surface area contributed by atoms with Crippen LogP contribution < -0.4 is 4.90 Å². The topological polar surface area (TPSA) is 51.0 Å². The predicted molar refractivity (Wildman–Crippen MR) is 118 cm³/mol. The summed E-state index contributed by atoms with van der Waals surface area (Å²) in [5, 5.41) is 11.1. The number of hydrogen-bond acceptors (Lipinski definition) is 3. The second-order valence-electron chi connectivity index (χ2n) is 10.5. The third-order valence-corrected chi connectivity index (χ3v) is 8.32. The van der Waals surface area contributed by atoms with E-state index in [0.717, 1.165) is 37.9 Å². The second kappa shape index (κ2) is 8.12. The molecule has 164 valence electrons. The van der Waals surface area contributed by atoms with Crippen LogP contribution in [0.5, 0.6) is 0 Å². The Balaban J connectivity index is 1.48. The number of carbonyl (C=O) groups is 1. The van der Waals surface area contributed by atoms with Crippen LogP contribution in [0.4, 0.5) is 0 Å². The van der Waals surface area contributed by atoms with Crippen LogP contribution >= 0.6 is 0 Å². The largest absolute Gasteiger partial charge is 0.462 e. The van der Waals surface area contributed by atoms with Crippen molar-refractivity contribution >= 4 is 5.97 Å². The number of hydrogen-bond donors (Lipinski definition) is 2. The lowest BCUT2D eigenvalue weighted by molar-refractivity contribution is -0.908. The molecule has 4 heteroatoms. The number of nitrogens with one attached hydrogen (secondary N) is 1. The third-order valence-electron chi connectivity index (χ3n) is 8.32. The van der Waals surface area contributed by atoms with E-state index in [2.05, 4.69) is 20.4 Å². The molecule has 0 radical (unpaired) electrons. The molecule has 1 heterocycles. The summed E-state index contributed by atoms with van der Waals surface area (Å²) in [4.78, 5) is 14.2. The van der Waals surface area contributed by atoms with Gasteiger partial charge in [0.25, 0.3) is 0 Å². The number of quaternary nitrogens is 1. The monoisotopic (exact) mass is 412 g/mol. The maximum absolute atomic E-state index is 12.9. The molecule has 30 heavy (non-hydrogen) atoms. The first kappa shape index (κ1) is 21.6. The molecule has 1 aliphatic heterocycles. The Bertz CT molecular complexity index is 789. The van der Waals surface area contributed by atoms with Crippen LogP contribution in [-0.2, 0) is 15.1 Å². The van der Waals surface area contributed by atoms with E-state index in [-0.39, 0.29) is 29.3 Å². The van der Waals surface area contributed by atoms with Gasteiger partial charge < -0.3 is 14.7 Å². The van der Waals surface area contributed by atoms with Crippen LogP contribution in [0.2, 0.25) is 0 Å². The van der Waals surface area contributed by atoms with Crippen LogP contribution in [0.15, 0.2) is 42.5 Å². The van der Waals surface area contributed by atoms with Gasteiger partial charge in [-0.25, -0.2) is 0 Å². The van der Waals surface area contributed by atoms with Crippen molar-refractivity contribution < 1.29 is 19.5 Å². The van der Waals surface area contributed by atoms with E-state index >= 15 is 0 Å². The fourth-order valence-electron chi connectivity index (χ4n) is 6.53. The van der Waals surface area contributed by atoms with E-state index in [0.29, 0.717) is 12.5 Å². The lowest BCUT2D eigenvalue weighted by Crippen LogP contribution is -3.14. The number of allylic oxidation sites excluding steroid dienone is 1. The van der Waals surface area contributed by atoms with Gasteiger partial charge in [-0.3, -0.25) is 4.79 Å². The average molecular weight is 413 g/mol. The van der Waals surface area contributed by atoms with E-state index in [1.807, 2.05) is 37.3 Å². The molecule has 1 aromatic rings. The van der Waals surface area contributed by atoms with Crippen molar-refractivity contribution in [2.45, 2.75) is 64.6 Å².